The number of alkyl halides is 1. The Bertz CT molecular complexity index is 66.9. The Balaban J connectivity index is 2.23. The zero-order valence-electron chi connectivity index (χ0n) is 4.81. The van der Waals surface area contributed by atoms with Crippen LogP contribution in [-0.2, 0) is 0 Å². The van der Waals surface area contributed by atoms with Crippen LogP contribution in [0.4, 0.5) is 0 Å². The highest BCUT2D eigenvalue weighted by Gasteiger charge is 2.15. The van der Waals surface area contributed by atoms with Gasteiger partial charge in [0.15, 0.2) is 0 Å². The molecular formula is C6H11IS. The average Bonchev–Trinajstić information content (AvgIpc) is 1.64. The Morgan fingerprint density at radius 3 is 2.50 bits per heavy atom. The van der Waals surface area contributed by atoms with Crippen LogP contribution in [-0.4, -0.2) is 9.17 Å². The molecule has 0 bridgehead atoms. The zero-order chi connectivity index (χ0) is 5.98. The van der Waals surface area contributed by atoms with Crippen LogP contribution in [0.3, 0.4) is 0 Å². The second-order valence-electron chi connectivity index (χ2n) is 2.42. The third kappa shape index (κ3) is 2.13. The van der Waals surface area contributed by atoms with E-state index in [0.29, 0.717) is 5.25 Å². The molecule has 48 valence electrons. The van der Waals surface area contributed by atoms with Gasteiger partial charge in [0.25, 0.3) is 0 Å². The second kappa shape index (κ2) is 3.30. The van der Waals surface area contributed by atoms with Gasteiger partial charge in [-0.25, -0.2) is 0 Å². The minimum absolute atomic E-state index is 0.700. The molecule has 1 aliphatic rings. The van der Waals surface area contributed by atoms with Crippen LogP contribution in [0.1, 0.15) is 25.7 Å². The maximum Gasteiger partial charge on any atom is 0.0120 e. The first-order valence-corrected chi connectivity index (χ1v) is 4.87. The third-order valence-electron chi connectivity index (χ3n) is 1.58. The van der Waals surface area contributed by atoms with Crippen LogP contribution in [0.5, 0.6) is 0 Å². The molecular weight excluding hydrogens is 231 g/mol. The van der Waals surface area contributed by atoms with Crippen LogP contribution in [0.15, 0.2) is 0 Å². The quantitative estimate of drug-likeness (QED) is 0.377. The van der Waals surface area contributed by atoms with Gasteiger partial charge in [0.1, 0.15) is 0 Å². The van der Waals surface area contributed by atoms with Crippen molar-refractivity contribution in [3.8, 4) is 0 Å². The van der Waals surface area contributed by atoms with Crippen LogP contribution < -0.4 is 0 Å². The van der Waals surface area contributed by atoms with Crippen LogP contribution in [0.2, 0.25) is 0 Å². The highest BCUT2D eigenvalue weighted by Crippen LogP contribution is 2.27. The summed E-state index contributed by atoms with van der Waals surface area (Å²) >= 11 is 6.94. The van der Waals surface area contributed by atoms with Crippen molar-refractivity contribution in [1.82, 2.24) is 0 Å². The monoisotopic (exact) mass is 242 g/mol. The van der Waals surface area contributed by atoms with Crippen molar-refractivity contribution in [3.05, 3.63) is 0 Å². The summed E-state index contributed by atoms with van der Waals surface area (Å²) in [7, 11) is 0. The molecule has 8 heavy (non-hydrogen) atoms. The van der Waals surface area contributed by atoms with E-state index in [-0.39, 0.29) is 0 Å². The number of hydrogen-bond donors (Lipinski definition) is 1. The molecule has 1 aliphatic carbocycles. The van der Waals surface area contributed by atoms with Crippen molar-refractivity contribution < 1.29 is 0 Å². The van der Waals surface area contributed by atoms with Gasteiger partial charge >= 0.3 is 0 Å². The molecule has 1 rings (SSSR count). The van der Waals surface area contributed by atoms with E-state index in [1.54, 1.807) is 0 Å². The Kier molecular flexibility index (Phi) is 2.97. The topological polar surface area (TPSA) is 0 Å². The van der Waals surface area contributed by atoms with Crippen molar-refractivity contribution in [2.75, 3.05) is 0 Å². The maximum atomic E-state index is 4.42. The van der Waals surface area contributed by atoms with E-state index >= 15 is 0 Å². The van der Waals surface area contributed by atoms with Gasteiger partial charge < -0.3 is 0 Å². The summed E-state index contributed by atoms with van der Waals surface area (Å²) in [4.78, 5) is 0. The standard InChI is InChI=1S/C6H11IS/c7-5-2-1-3-6(8)4-5/h5-6,8H,1-4H2. The maximum absolute atomic E-state index is 4.42. The lowest BCUT2D eigenvalue weighted by atomic mass is 10.0. The van der Waals surface area contributed by atoms with Gasteiger partial charge in [0, 0.05) is 9.17 Å². The minimum atomic E-state index is 0.700. The molecule has 0 aromatic carbocycles. The first-order chi connectivity index (χ1) is 3.79. The first kappa shape index (κ1) is 7.19. The summed E-state index contributed by atoms with van der Waals surface area (Å²) in [5.41, 5.74) is 0. The van der Waals surface area contributed by atoms with Gasteiger partial charge in [-0.2, -0.15) is 12.6 Å². The molecule has 1 fully saturated rings. The molecule has 0 saturated heterocycles. The Labute approximate surface area is 70.0 Å². The predicted octanol–water partition coefficient (Wildman–Crippen LogP) is 2.66. The number of halogens is 1. The van der Waals surface area contributed by atoms with E-state index in [1.165, 1.54) is 25.7 Å². The van der Waals surface area contributed by atoms with Gasteiger partial charge in [-0.3, -0.25) is 0 Å². The summed E-state index contributed by atoms with van der Waals surface area (Å²) in [5.74, 6) is 0. The van der Waals surface area contributed by atoms with E-state index in [2.05, 4.69) is 35.2 Å². The summed E-state index contributed by atoms with van der Waals surface area (Å²) in [6, 6.07) is 0. The zero-order valence-corrected chi connectivity index (χ0v) is 7.86. The lowest BCUT2D eigenvalue weighted by molar-refractivity contribution is 0.542. The average molecular weight is 242 g/mol. The molecule has 0 aromatic heterocycles. The van der Waals surface area contributed by atoms with Gasteiger partial charge in [0.2, 0.25) is 0 Å². The highest BCUT2D eigenvalue weighted by molar-refractivity contribution is 14.1. The minimum Gasteiger partial charge on any atom is -0.176 e. The molecule has 0 spiro atoms. The van der Waals surface area contributed by atoms with E-state index in [9.17, 15) is 0 Å². The molecule has 0 aliphatic heterocycles. The SMILES string of the molecule is SC1CCCC(I)C1. The molecule has 1 saturated carbocycles. The molecule has 0 aromatic rings. The Morgan fingerprint density at radius 2 is 2.12 bits per heavy atom. The van der Waals surface area contributed by atoms with Crippen molar-refractivity contribution in [1.29, 1.82) is 0 Å². The number of rotatable bonds is 0. The fraction of sp³-hybridized carbons (Fsp3) is 1.00. The van der Waals surface area contributed by atoms with E-state index in [1.807, 2.05) is 0 Å². The van der Waals surface area contributed by atoms with Crippen molar-refractivity contribution >= 4 is 35.2 Å². The van der Waals surface area contributed by atoms with Crippen LogP contribution >= 0.6 is 35.2 Å². The largest absolute Gasteiger partial charge is 0.176 e. The summed E-state index contributed by atoms with van der Waals surface area (Å²) < 4.78 is 0.906. The molecule has 0 radical (unpaired) electrons. The lowest BCUT2D eigenvalue weighted by Gasteiger charge is -2.20. The predicted molar refractivity (Wildman–Crippen MR) is 49.1 cm³/mol. The molecule has 0 nitrogen and oxygen atoms in total. The molecule has 2 atom stereocenters. The number of hydrogen-bond acceptors (Lipinski definition) is 1. The fourth-order valence-electron chi connectivity index (χ4n) is 1.11. The van der Waals surface area contributed by atoms with E-state index < -0.39 is 0 Å². The van der Waals surface area contributed by atoms with E-state index in [0.717, 1.165) is 3.92 Å². The van der Waals surface area contributed by atoms with Crippen molar-refractivity contribution in [2.45, 2.75) is 34.9 Å². The normalized spacial score (nSPS) is 39.8. The van der Waals surface area contributed by atoms with Gasteiger partial charge in [0.05, 0.1) is 0 Å². The van der Waals surface area contributed by atoms with E-state index in [4.69, 9.17) is 0 Å². The van der Waals surface area contributed by atoms with Gasteiger partial charge in [-0.05, 0) is 19.3 Å². The molecule has 0 N–H and O–H groups in total. The molecule has 2 unspecified atom stereocenters. The lowest BCUT2D eigenvalue weighted by Crippen LogP contribution is -2.14. The summed E-state index contributed by atoms with van der Waals surface area (Å²) in [5, 5.41) is 0.700. The second-order valence-corrected chi connectivity index (χ2v) is 4.91. The Hall–Kier alpha value is 1.08. The van der Waals surface area contributed by atoms with Crippen LogP contribution in [0, 0.1) is 0 Å². The smallest absolute Gasteiger partial charge is 0.0120 e. The molecule has 2 heteroatoms. The first-order valence-electron chi connectivity index (χ1n) is 3.11. The molecule has 0 heterocycles. The van der Waals surface area contributed by atoms with Gasteiger partial charge in [-0.1, -0.05) is 29.0 Å². The third-order valence-corrected chi connectivity index (χ3v) is 3.18. The number of thiol groups is 1. The van der Waals surface area contributed by atoms with Crippen molar-refractivity contribution in [3.63, 3.8) is 0 Å². The highest BCUT2D eigenvalue weighted by atomic mass is 127. The van der Waals surface area contributed by atoms with Crippen molar-refractivity contribution in [2.24, 2.45) is 0 Å². The fourth-order valence-corrected chi connectivity index (χ4v) is 3.00. The molecule has 0 amide bonds. The van der Waals surface area contributed by atoms with Gasteiger partial charge in [-0.15, -0.1) is 0 Å². The van der Waals surface area contributed by atoms with Crippen LogP contribution in [0.25, 0.3) is 0 Å². The summed E-state index contributed by atoms with van der Waals surface area (Å²) in [6.45, 7) is 0. The summed E-state index contributed by atoms with van der Waals surface area (Å²) in [6.07, 6.45) is 5.46. The Morgan fingerprint density at radius 1 is 1.38 bits per heavy atom.